The Morgan fingerprint density at radius 1 is 0.614 bits per heavy atom. The van der Waals surface area contributed by atoms with Crippen molar-refractivity contribution in [1.29, 1.82) is 0 Å². The molecular formula is C35H59O8P. The third-order valence-electron chi connectivity index (χ3n) is 7.66. The molecule has 2 aromatic rings. The lowest BCUT2D eigenvalue weighted by Crippen LogP contribution is -2.12. The van der Waals surface area contributed by atoms with Crippen molar-refractivity contribution in [2.45, 2.75) is 117 Å². The summed E-state index contributed by atoms with van der Waals surface area (Å²) in [7, 11) is -4.44. The van der Waals surface area contributed by atoms with E-state index in [9.17, 15) is 9.46 Å². The van der Waals surface area contributed by atoms with Crippen LogP contribution < -0.4 is 4.89 Å². The predicted molar refractivity (Wildman–Crippen MR) is 178 cm³/mol. The number of hydrogen-bond acceptors (Lipinski definition) is 7. The van der Waals surface area contributed by atoms with E-state index in [0.717, 1.165) is 35.6 Å². The van der Waals surface area contributed by atoms with Gasteiger partial charge in [-0.3, -0.25) is 4.52 Å². The van der Waals surface area contributed by atoms with Gasteiger partial charge in [0, 0.05) is 12.0 Å². The van der Waals surface area contributed by atoms with Crippen LogP contribution in [0.3, 0.4) is 0 Å². The van der Waals surface area contributed by atoms with E-state index < -0.39 is 7.82 Å². The van der Waals surface area contributed by atoms with Crippen LogP contribution in [0, 0.1) is 0 Å². The normalized spacial score (nSPS) is 13.0. The second kappa shape index (κ2) is 25.7. The van der Waals surface area contributed by atoms with Crippen molar-refractivity contribution in [3.8, 4) is 5.75 Å². The Morgan fingerprint density at radius 3 is 1.73 bits per heavy atom. The fourth-order valence-corrected chi connectivity index (χ4v) is 5.69. The minimum Gasteiger partial charge on any atom is -0.379 e. The quantitative estimate of drug-likeness (QED) is 0.0391. The van der Waals surface area contributed by atoms with Crippen LogP contribution in [0.25, 0.3) is 10.8 Å². The van der Waals surface area contributed by atoms with E-state index in [0.29, 0.717) is 38.8 Å². The van der Waals surface area contributed by atoms with Gasteiger partial charge in [0.05, 0.1) is 39.6 Å². The summed E-state index contributed by atoms with van der Waals surface area (Å²) in [6.07, 6.45) is 20.6. The van der Waals surface area contributed by atoms with Gasteiger partial charge in [-0.25, -0.2) is 4.57 Å². The van der Waals surface area contributed by atoms with Gasteiger partial charge in [0.1, 0.15) is 0 Å². The molecule has 0 spiro atoms. The van der Waals surface area contributed by atoms with Crippen molar-refractivity contribution in [2.75, 3.05) is 46.2 Å². The molecule has 0 bridgehead atoms. The zero-order valence-electron chi connectivity index (χ0n) is 27.5. The average molecular weight is 639 g/mol. The Hall–Kier alpha value is -1.51. The molecule has 0 heterocycles. The number of fused-ring (bicyclic) bond motifs is 1. The molecule has 0 radical (unpaired) electrons. The van der Waals surface area contributed by atoms with Gasteiger partial charge in [0.25, 0.3) is 0 Å². The maximum absolute atomic E-state index is 12.5. The summed E-state index contributed by atoms with van der Waals surface area (Å²) in [6, 6.07) is 11.8. The van der Waals surface area contributed by atoms with Crippen molar-refractivity contribution in [3.63, 3.8) is 0 Å². The summed E-state index contributed by atoms with van der Waals surface area (Å²) in [6.45, 7) is 6.68. The molecule has 8 nitrogen and oxygen atoms in total. The van der Waals surface area contributed by atoms with Crippen LogP contribution in [0.4, 0.5) is 0 Å². The van der Waals surface area contributed by atoms with Gasteiger partial charge in [0.2, 0.25) is 0 Å². The smallest absolute Gasteiger partial charge is 0.379 e. The Labute approximate surface area is 266 Å². The minimum atomic E-state index is -4.44. The van der Waals surface area contributed by atoms with Gasteiger partial charge in [-0.2, -0.15) is 0 Å². The first-order valence-corrected chi connectivity index (χ1v) is 18.6. The highest BCUT2D eigenvalue weighted by Gasteiger charge is 2.25. The number of aryl methyl sites for hydroxylation is 1. The summed E-state index contributed by atoms with van der Waals surface area (Å²) in [5.74, 6) is 0.465. The lowest BCUT2D eigenvalue weighted by atomic mass is 10.00. The molecular weight excluding hydrogens is 579 g/mol. The Morgan fingerprint density at radius 2 is 1.14 bits per heavy atom. The molecule has 44 heavy (non-hydrogen) atoms. The van der Waals surface area contributed by atoms with Gasteiger partial charge in [-0.15, -0.1) is 0 Å². The molecule has 0 saturated heterocycles. The molecule has 252 valence electrons. The Bertz CT molecular complexity index is 1020. The lowest BCUT2D eigenvalue weighted by Gasteiger charge is -2.15. The second-order valence-corrected chi connectivity index (χ2v) is 12.7. The van der Waals surface area contributed by atoms with Crippen LogP contribution in [0.1, 0.15) is 116 Å². The Balaban J connectivity index is 1.65. The molecule has 2 rings (SSSR count). The van der Waals surface area contributed by atoms with Gasteiger partial charge in [0.15, 0.2) is 5.75 Å². The summed E-state index contributed by atoms with van der Waals surface area (Å²) < 4.78 is 38.4. The third-order valence-corrected chi connectivity index (χ3v) is 8.43. The van der Waals surface area contributed by atoms with Crippen LogP contribution in [0.15, 0.2) is 36.4 Å². The maximum atomic E-state index is 12.5. The van der Waals surface area contributed by atoms with E-state index in [1.807, 2.05) is 37.3 Å². The number of phosphoric ester groups is 1. The van der Waals surface area contributed by atoms with Crippen molar-refractivity contribution in [2.24, 2.45) is 0 Å². The number of hydrogen-bond donors (Lipinski definition) is 1. The topological polar surface area (TPSA) is 92.7 Å². The summed E-state index contributed by atoms with van der Waals surface area (Å²) >= 11 is 0. The highest BCUT2D eigenvalue weighted by Crippen LogP contribution is 2.45. The standard InChI is InChI=1S/C35H59O8P/c1-3-5-6-7-8-9-10-11-12-13-14-15-16-17-18-22-33-25-24-32-21-19-20-23-34(32)35(33)42-43-44(36,37)41-31-30-40-29-28-39-27-26-38-4-2/h19-21,23-25H,3-18,22,26-31H2,1-2H3,(H,36,37). The zero-order chi connectivity index (χ0) is 31.6. The molecule has 0 fully saturated rings. The van der Waals surface area contributed by atoms with Gasteiger partial charge in [-0.05, 0) is 30.7 Å². The second-order valence-electron chi connectivity index (χ2n) is 11.4. The van der Waals surface area contributed by atoms with E-state index in [2.05, 4.69) is 13.0 Å². The highest BCUT2D eigenvalue weighted by molar-refractivity contribution is 7.47. The van der Waals surface area contributed by atoms with E-state index in [1.54, 1.807) is 0 Å². The minimum absolute atomic E-state index is 0.113. The first kappa shape index (κ1) is 38.7. The molecule has 1 unspecified atom stereocenters. The summed E-state index contributed by atoms with van der Waals surface area (Å²) in [5, 5.41) is 1.80. The molecule has 0 aliphatic rings. The molecule has 9 heteroatoms. The highest BCUT2D eigenvalue weighted by atomic mass is 31.2. The number of phosphoric acid groups is 1. The predicted octanol–water partition coefficient (Wildman–Crippen LogP) is 9.75. The summed E-state index contributed by atoms with van der Waals surface area (Å²) in [5.41, 5.74) is 0.950. The Kier molecular flexibility index (Phi) is 22.5. The fraction of sp³-hybridized carbons (Fsp3) is 0.714. The molecule has 0 aromatic heterocycles. The van der Waals surface area contributed by atoms with Crippen molar-refractivity contribution < 1.29 is 37.8 Å². The van der Waals surface area contributed by atoms with E-state index >= 15 is 0 Å². The van der Waals surface area contributed by atoms with Crippen LogP contribution in [0.2, 0.25) is 0 Å². The number of rotatable bonds is 30. The van der Waals surface area contributed by atoms with Gasteiger partial charge in [-0.1, -0.05) is 138 Å². The van der Waals surface area contributed by atoms with Crippen LogP contribution in [-0.4, -0.2) is 51.1 Å². The number of ether oxygens (including phenoxy) is 3. The van der Waals surface area contributed by atoms with Crippen LogP contribution in [0.5, 0.6) is 5.75 Å². The molecule has 2 aromatic carbocycles. The SMILES string of the molecule is CCCCCCCCCCCCCCCCCc1ccc2ccccc2c1OOP(=O)(O)OCCOCCOCCOCC. The number of unbranched alkanes of at least 4 members (excludes halogenated alkanes) is 14. The number of benzene rings is 2. The third kappa shape index (κ3) is 18.5. The largest absolute Gasteiger partial charge is 0.508 e. The van der Waals surface area contributed by atoms with E-state index in [-0.39, 0.29) is 13.2 Å². The van der Waals surface area contributed by atoms with E-state index in [4.69, 9.17) is 28.3 Å². The molecule has 0 amide bonds. The molecule has 0 aliphatic carbocycles. The first-order valence-electron chi connectivity index (χ1n) is 17.1. The van der Waals surface area contributed by atoms with E-state index in [1.165, 1.54) is 83.5 Å². The van der Waals surface area contributed by atoms with Gasteiger partial charge < -0.3 is 24.0 Å². The average Bonchev–Trinajstić information content (AvgIpc) is 3.03. The maximum Gasteiger partial charge on any atom is 0.508 e. The summed E-state index contributed by atoms with van der Waals surface area (Å²) in [4.78, 5) is 15.7. The molecule has 0 aliphatic heterocycles. The lowest BCUT2D eigenvalue weighted by molar-refractivity contribution is -0.128. The van der Waals surface area contributed by atoms with Crippen LogP contribution in [-0.2, 0) is 34.4 Å². The first-order chi connectivity index (χ1) is 21.6. The van der Waals surface area contributed by atoms with Crippen molar-refractivity contribution >= 4 is 18.6 Å². The molecule has 1 atom stereocenters. The molecule has 1 N–H and O–H groups in total. The fourth-order valence-electron chi connectivity index (χ4n) is 5.17. The van der Waals surface area contributed by atoms with Crippen LogP contribution >= 0.6 is 7.82 Å². The zero-order valence-corrected chi connectivity index (χ0v) is 28.4. The monoisotopic (exact) mass is 638 g/mol. The van der Waals surface area contributed by atoms with Crippen molar-refractivity contribution in [1.82, 2.24) is 0 Å². The van der Waals surface area contributed by atoms with Crippen molar-refractivity contribution in [3.05, 3.63) is 42.0 Å². The van der Waals surface area contributed by atoms with Gasteiger partial charge >= 0.3 is 7.82 Å². The molecule has 0 saturated carbocycles.